The van der Waals surface area contributed by atoms with Gasteiger partial charge < -0.3 is 11.1 Å². The summed E-state index contributed by atoms with van der Waals surface area (Å²) in [6.45, 7) is 5.59. The van der Waals surface area contributed by atoms with Gasteiger partial charge in [0, 0.05) is 17.8 Å². The number of carbonyl (C=O) groups is 2. The summed E-state index contributed by atoms with van der Waals surface area (Å²) < 4.78 is 0. The SMILES string of the molecule is CCC(C)(CN)C(=O)Nc1ccc(C(C)=O)cc1. The Balaban J connectivity index is 2.79. The van der Waals surface area contributed by atoms with Crippen molar-refractivity contribution < 1.29 is 9.59 Å². The van der Waals surface area contributed by atoms with Crippen LogP contribution in [0.3, 0.4) is 0 Å². The molecule has 0 radical (unpaired) electrons. The van der Waals surface area contributed by atoms with E-state index in [2.05, 4.69) is 5.32 Å². The van der Waals surface area contributed by atoms with Crippen LogP contribution in [0.2, 0.25) is 0 Å². The molecule has 0 spiro atoms. The molecule has 0 aliphatic heterocycles. The zero-order valence-electron chi connectivity index (χ0n) is 11.1. The van der Waals surface area contributed by atoms with Crippen LogP contribution in [-0.2, 0) is 4.79 Å². The molecule has 0 saturated carbocycles. The molecule has 0 heterocycles. The van der Waals surface area contributed by atoms with E-state index >= 15 is 0 Å². The van der Waals surface area contributed by atoms with E-state index in [1.807, 2.05) is 13.8 Å². The van der Waals surface area contributed by atoms with Gasteiger partial charge in [-0.25, -0.2) is 0 Å². The summed E-state index contributed by atoms with van der Waals surface area (Å²) in [4.78, 5) is 23.2. The summed E-state index contributed by atoms with van der Waals surface area (Å²) in [6.07, 6.45) is 0.681. The van der Waals surface area contributed by atoms with Gasteiger partial charge in [-0.2, -0.15) is 0 Å². The van der Waals surface area contributed by atoms with Crippen molar-refractivity contribution >= 4 is 17.4 Å². The monoisotopic (exact) mass is 248 g/mol. The fourth-order valence-corrected chi connectivity index (χ4v) is 1.47. The third kappa shape index (κ3) is 3.17. The Kier molecular flexibility index (Phi) is 4.62. The lowest BCUT2D eigenvalue weighted by molar-refractivity contribution is -0.124. The third-order valence-corrected chi connectivity index (χ3v) is 3.33. The Morgan fingerprint density at radius 3 is 2.22 bits per heavy atom. The number of benzene rings is 1. The van der Waals surface area contributed by atoms with Crippen LogP contribution in [-0.4, -0.2) is 18.2 Å². The normalized spacial score (nSPS) is 13.8. The summed E-state index contributed by atoms with van der Waals surface area (Å²) in [7, 11) is 0. The van der Waals surface area contributed by atoms with Gasteiger partial charge >= 0.3 is 0 Å². The smallest absolute Gasteiger partial charge is 0.231 e. The van der Waals surface area contributed by atoms with Crippen molar-refractivity contribution in [3.63, 3.8) is 0 Å². The van der Waals surface area contributed by atoms with Crippen LogP contribution in [0.4, 0.5) is 5.69 Å². The second-order valence-electron chi connectivity index (χ2n) is 4.71. The number of ketones is 1. The van der Waals surface area contributed by atoms with E-state index in [1.165, 1.54) is 6.92 Å². The lowest BCUT2D eigenvalue weighted by atomic mass is 9.86. The molecule has 1 amide bonds. The lowest BCUT2D eigenvalue weighted by Crippen LogP contribution is -2.39. The van der Waals surface area contributed by atoms with E-state index in [4.69, 9.17) is 5.73 Å². The van der Waals surface area contributed by atoms with Gasteiger partial charge in [-0.05, 0) is 44.5 Å². The van der Waals surface area contributed by atoms with E-state index in [9.17, 15) is 9.59 Å². The van der Waals surface area contributed by atoms with Crippen LogP contribution in [0.5, 0.6) is 0 Å². The third-order valence-electron chi connectivity index (χ3n) is 3.33. The fraction of sp³-hybridized carbons (Fsp3) is 0.429. The van der Waals surface area contributed by atoms with Crippen LogP contribution >= 0.6 is 0 Å². The van der Waals surface area contributed by atoms with Crippen molar-refractivity contribution in [3.8, 4) is 0 Å². The highest BCUT2D eigenvalue weighted by Crippen LogP contribution is 2.22. The van der Waals surface area contributed by atoms with Crippen molar-refractivity contribution in [2.24, 2.45) is 11.1 Å². The summed E-state index contributed by atoms with van der Waals surface area (Å²) in [5.41, 5.74) is 6.38. The number of amides is 1. The molecule has 18 heavy (non-hydrogen) atoms. The molecule has 0 aliphatic carbocycles. The molecule has 1 aromatic carbocycles. The van der Waals surface area contributed by atoms with E-state index in [1.54, 1.807) is 24.3 Å². The van der Waals surface area contributed by atoms with Crippen molar-refractivity contribution in [1.82, 2.24) is 0 Å². The van der Waals surface area contributed by atoms with Gasteiger partial charge in [0.25, 0.3) is 0 Å². The first kappa shape index (κ1) is 14.4. The maximum absolute atomic E-state index is 12.1. The van der Waals surface area contributed by atoms with Gasteiger partial charge in [-0.3, -0.25) is 9.59 Å². The zero-order valence-corrected chi connectivity index (χ0v) is 11.1. The molecule has 0 fully saturated rings. The number of hydrogen-bond acceptors (Lipinski definition) is 3. The van der Waals surface area contributed by atoms with Gasteiger partial charge in [0.15, 0.2) is 5.78 Å². The van der Waals surface area contributed by atoms with Gasteiger partial charge in [0.1, 0.15) is 0 Å². The van der Waals surface area contributed by atoms with Crippen LogP contribution < -0.4 is 11.1 Å². The Bertz CT molecular complexity index is 434. The Labute approximate surface area is 108 Å². The zero-order chi connectivity index (χ0) is 13.8. The number of rotatable bonds is 5. The highest BCUT2D eigenvalue weighted by atomic mass is 16.2. The molecule has 0 bridgehead atoms. The maximum atomic E-state index is 12.1. The average molecular weight is 248 g/mol. The number of nitrogens with two attached hydrogens (primary N) is 1. The molecule has 1 aromatic rings. The van der Waals surface area contributed by atoms with Crippen molar-refractivity contribution in [3.05, 3.63) is 29.8 Å². The molecule has 0 saturated heterocycles. The van der Waals surface area contributed by atoms with Crippen LogP contribution in [0.1, 0.15) is 37.6 Å². The maximum Gasteiger partial charge on any atom is 0.231 e. The van der Waals surface area contributed by atoms with Crippen molar-refractivity contribution in [2.75, 3.05) is 11.9 Å². The van der Waals surface area contributed by atoms with Gasteiger partial charge in [0.05, 0.1) is 5.41 Å². The summed E-state index contributed by atoms with van der Waals surface area (Å²) >= 11 is 0. The Morgan fingerprint density at radius 2 is 1.83 bits per heavy atom. The largest absolute Gasteiger partial charge is 0.329 e. The predicted molar refractivity (Wildman–Crippen MR) is 72.5 cm³/mol. The highest BCUT2D eigenvalue weighted by molar-refractivity contribution is 5.97. The first-order valence-corrected chi connectivity index (χ1v) is 6.05. The lowest BCUT2D eigenvalue weighted by Gasteiger charge is -2.24. The first-order chi connectivity index (χ1) is 8.42. The molecule has 1 atom stereocenters. The van der Waals surface area contributed by atoms with Crippen LogP contribution in [0.15, 0.2) is 24.3 Å². The molecular formula is C14H20N2O2. The molecular weight excluding hydrogens is 228 g/mol. The molecule has 4 nitrogen and oxygen atoms in total. The molecule has 0 aromatic heterocycles. The highest BCUT2D eigenvalue weighted by Gasteiger charge is 2.29. The standard InChI is InChI=1S/C14H20N2O2/c1-4-14(3,9-15)13(18)16-12-7-5-11(6-8-12)10(2)17/h5-8H,4,9,15H2,1-3H3,(H,16,18). The minimum atomic E-state index is -0.556. The Morgan fingerprint density at radius 1 is 1.28 bits per heavy atom. The number of carbonyl (C=O) groups excluding carboxylic acids is 2. The van der Waals surface area contributed by atoms with E-state index in [-0.39, 0.29) is 11.7 Å². The number of hydrogen-bond donors (Lipinski definition) is 2. The van der Waals surface area contributed by atoms with Crippen LogP contribution in [0.25, 0.3) is 0 Å². The predicted octanol–water partition coefficient (Wildman–Crippen LogP) is 2.20. The second kappa shape index (κ2) is 5.78. The second-order valence-corrected chi connectivity index (χ2v) is 4.71. The number of Topliss-reactive ketones (excluding diaryl/α,β-unsaturated/α-hetero) is 1. The molecule has 1 rings (SSSR count). The summed E-state index contributed by atoms with van der Waals surface area (Å²) in [6, 6.07) is 6.84. The molecule has 4 heteroatoms. The molecule has 3 N–H and O–H groups in total. The fourth-order valence-electron chi connectivity index (χ4n) is 1.47. The van der Waals surface area contributed by atoms with Crippen molar-refractivity contribution in [2.45, 2.75) is 27.2 Å². The summed E-state index contributed by atoms with van der Waals surface area (Å²) in [5.74, 6) is -0.0868. The van der Waals surface area contributed by atoms with Crippen LogP contribution in [0, 0.1) is 5.41 Å². The van der Waals surface area contributed by atoms with Crippen molar-refractivity contribution in [1.29, 1.82) is 0 Å². The van der Waals surface area contributed by atoms with Gasteiger partial charge in [-0.1, -0.05) is 6.92 Å². The van der Waals surface area contributed by atoms with E-state index < -0.39 is 5.41 Å². The molecule has 0 aliphatic rings. The Hall–Kier alpha value is -1.68. The average Bonchev–Trinajstić information content (AvgIpc) is 2.38. The van der Waals surface area contributed by atoms with E-state index in [0.29, 0.717) is 24.2 Å². The van der Waals surface area contributed by atoms with E-state index in [0.717, 1.165) is 0 Å². The minimum Gasteiger partial charge on any atom is -0.329 e. The van der Waals surface area contributed by atoms with Gasteiger partial charge in [0.2, 0.25) is 5.91 Å². The quantitative estimate of drug-likeness (QED) is 0.785. The topological polar surface area (TPSA) is 72.2 Å². The molecule has 98 valence electrons. The first-order valence-electron chi connectivity index (χ1n) is 6.05. The minimum absolute atomic E-state index is 0.00762. The number of anilines is 1. The summed E-state index contributed by atoms with van der Waals surface area (Å²) in [5, 5.41) is 2.82. The molecule has 1 unspecified atom stereocenters. The van der Waals surface area contributed by atoms with Gasteiger partial charge in [-0.15, -0.1) is 0 Å². The number of nitrogens with one attached hydrogen (secondary N) is 1.